The summed E-state index contributed by atoms with van der Waals surface area (Å²) >= 11 is 0. The minimum Gasteiger partial charge on any atom is -0.378 e. The van der Waals surface area contributed by atoms with Gasteiger partial charge in [0.25, 0.3) is 0 Å². The maximum atomic E-state index is 5.60. The first-order valence-electron chi connectivity index (χ1n) is 12.1. The van der Waals surface area contributed by atoms with Crippen LogP contribution in [0.4, 0.5) is 17.8 Å². The zero-order chi connectivity index (χ0) is 22.2. The van der Waals surface area contributed by atoms with E-state index in [0.29, 0.717) is 57.5 Å². The molecule has 1 aromatic rings. The highest BCUT2D eigenvalue weighted by molar-refractivity contribution is 5.44. The number of unbranched alkanes of at least 4 members (excludes halogenated alkanes) is 2. The van der Waals surface area contributed by atoms with Crippen LogP contribution in [0.1, 0.15) is 65.2 Å². The lowest BCUT2D eigenvalue weighted by molar-refractivity contribution is 0.0547. The summed E-state index contributed by atoms with van der Waals surface area (Å²) in [6.45, 7) is 9.78. The molecule has 0 amide bonds. The lowest BCUT2D eigenvalue weighted by Gasteiger charge is -2.23. The van der Waals surface area contributed by atoms with Gasteiger partial charge in [0, 0.05) is 32.2 Å². The molecule has 4 N–H and O–H groups in total. The van der Waals surface area contributed by atoms with Gasteiger partial charge < -0.3 is 30.7 Å². The van der Waals surface area contributed by atoms with Crippen molar-refractivity contribution in [2.45, 2.75) is 71.3 Å². The summed E-state index contributed by atoms with van der Waals surface area (Å²) in [7, 11) is 0. The minimum atomic E-state index is 0.458. The van der Waals surface area contributed by atoms with Gasteiger partial charge in [-0.05, 0) is 25.7 Å². The highest BCUT2D eigenvalue weighted by atomic mass is 16.5. The third-order valence-electron chi connectivity index (χ3n) is 5.32. The molecule has 1 fully saturated rings. The average molecular weight is 438 g/mol. The SMILES string of the molecule is CCCCN(CCCC)c1nc(NCCOCCOCCN)nc(NC2CCCC2)n1. The van der Waals surface area contributed by atoms with Gasteiger partial charge in [0.1, 0.15) is 0 Å². The number of nitrogens with zero attached hydrogens (tertiary/aromatic N) is 4. The summed E-state index contributed by atoms with van der Waals surface area (Å²) in [5.41, 5.74) is 5.40. The van der Waals surface area contributed by atoms with Crippen LogP contribution in [0, 0.1) is 0 Å². The quantitative estimate of drug-likeness (QED) is 0.298. The Labute approximate surface area is 187 Å². The second kappa shape index (κ2) is 16.0. The largest absolute Gasteiger partial charge is 0.378 e. The predicted octanol–water partition coefficient (Wildman–Crippen LogP) is 3.04. The summed E-state index contributed by atoms with van der Waals surface area (Å²) in [6.07, 6.45) is 9.46. The van der Waals surface area contributed by atoms with E-state index in [-0.39, 0.29) is 0 Å². The molecule has 0 aromatic carbocycles. The van der Waals surface area contributed by atoms with Crippen molar-refractivity contribution in [1.82, 2.24) is 15.0 Å². The Morgan fingerprint density at radius 3 is 2.19 bits per heavy atom. The number of hydrogen-bond acceptors (Lipinski definition) is 9. The maximum Gasteiger partial charge on any atom is 0.231 e. The van der Waals surface area contributed by atoms with Gasteiger partial charge in [0.15, 0.2) is 0 Å². The van der Waals surface area contributed by atoms with Crippen molar-refractivity contribution in [2.75, 3.05) is 68.1 Å². The van der Waals surface area contributed by atoms with E-state index in [1.54, 1.807) is 0 Å². The Balaban J connectivity index is 1.98. The van der Waals surface area contributed by atoms with E-state index in [1.165, 1.54) is 25.7 Å². The van der Waals surface area contributed by atoms with Crippen molar-refractivity contribution in [2.24, 2.45) is 5.73 Å². The topological polar surface area (TPSA) is 110 Å². The molecule has 0 unspecified atom stereocenters. The number of ether oxygens (including phenoxy) is 2. The third-order valence-corrected chi connectivity index (χ3v) is 5.32. The van der Waals surface area contributed by atoms with E-state index >= 15 is 0 Å². The standard InChI is InChI=1S/C22H43N7O2/c1-3-5-13-29(14-6-4-2)22-27-20(24-12-16-31-18-17-30-15-11-23)26-21(28-22)25-19-9-7-8-10-19/h19H,3-18,23H2,1-2H3,(H2,24,25,26,27,28). The fourth-order valence-electron chi connectivity index (χ4n) is 3.55. The van der Waals surface area contributed by atoms with Crippen LogP contribution >= 0.6 is 0 Å². The summed E-state index contributed by atoms with van der Waals surface area (Å²) in [5.74, 6) is 2.04. The molecule has 0 atom stereocenters. The molecule has 2 rings (SSSR count). The first-order chi connectivity index (χ1) is 15.3. The van der Waals surface area contributed by atoms with Crippen LogP contribution in [-0.4, -0.2) is 73.6 Å². The molecule has 1 saturated carbocycles. The van der Waals surface area contributed by atoms with Gasteiger partial charge in [0.05, 0.1) is 26.4 Å². The van der Waals surface area contributed by atoms with Gasteiger partial charge in [-0.15, -0.1) is 0 Å². The van der Waals surface area contributed by atoms with Gasteiger partial charge in [0.2, 0.25) is 17.8 Å². The second-order valence-electron chi connectivity index (χ2n) is 8.04. The molecule has 1 aromatic heterocycles. The van der Waals surface area contributed by atoms with Gasteiger partial charge in [-0.25, -0.2) is 0 Å². The normalized spacial score (nSPS) is 14.2. The third kappa shape index (κ3) is 10.4. The highest BCUT2D eigenvalue weighted by Gasteiger charge is 2.18. The molecule has 0 radical (unpaired) electrons. The lowest BCUT2D eigenvalue weighted by atomic mass is 10.2. The van der Waals surface area contributed by atoms with Crippen molar-refractivity contribution in [3.8, 4) is 0 Å². The van der Waals surface area contributed by atoms with Crippen molar-refractivity contribution < 1.29 is 9.47 Å². The number of hydrogen-bond donors (Lipinski definition) is 3. The van der Waals surface area contributed by atoms with Crippen LogP contribution in [-0.2, 0) is 9.47 Å². The number of anilines is 3. The zero-order valence-electron chi connectivity index (χ0n) is 19.6. The Hall–Kier alpha value is -1.71. The number of rotatable bonds is 18. The highest BCUT2D eigenvalue weighted by Crippen LogP contribution is 2.22. The number of aromatic nitrogens is 3. The fraction of sp³-hybridized carbons (Fsp3) is 0.864. The molecule has 0 aliphatic heterocycles. The molecule has 1 aliphatic carbocycles. The maximum absolute atomic E-state index is 5.60. The molecular formula is C22H43N7O2. The molecule has 0 saturated heterocycles. The Kier molecular flexibility index (Phi) is 13.2. The summed E-state index contributed by atoms with van der Waals surface area (Å²) in [4.78, 5) is 16.4. The van der Waals surface area contributed by atoms with Gasteiger partial charge >= 0.3 is 0 Å². The molecule has 178 valence electrons. The van der Waals surface area contributed by atoms with Crippen molar-refractivity contribution >= 4 is 17.8 Å². The van der Waals surface area contributed by atoms with Crippen LogP contribution in [0.5, 0.6) is 0 Å². The summed E-state index contributed by atoms with van der Waals surface area (Å²) < 4.78 is 10.9. The Morgan fingerprint density at radius 2 is 1.55 bits per heavy atom. The lowest BCUT2D eigenvalue weighted by Crippen LogP contribution is -2.29. The fourth-order valence-corrected chi connectivity index (χ4v) is 3.55. The van der Waals surface area contributed by atoms with Crippen LogP contribution in [0.25, 0.3) is 0 Å². The molecule has 0 bridgehead atoms. The second-order valence-corrected chi connectivity index (χ2v) is 8.04. The van der Waals surface area contributed by atoms with Crippen molar-refractivity contribution in [3.05, 3.63) is 0 Å². The van der Waals surface area contributed by atoms with Crippen molar-refractivity contribution in [1.29, 1.82) is 0 Å². The Morgan fingerprint density at radius 1 is 0.903 bits per heavy atom. The van der Waals surface area contributed by atoms with E-state index in [9.17, 15) is 0 Å². The van der Waals surface area contributed by atoms with E-state index in [1.807, 2.05) is 0 Å². The van der Waals surface area contributed by atoms with E-state index < -0.39 is 0 Å². The number of nitrogens with one attached hydrogen (secondary N) is 2. The van der Waals surface area contributed by atoms with E-state index in [2.05, 4.69) is 34.4 Å². The predicted molar refractivity (Wildman–Crippen MR) is 127 cm³/mol. The molecule has 9 nitrogen and oxygen atoms in total. The zero-order valence-corrected chi connectivity index (χ0v) is 19.6. The minimum absolute atomic E-state index is 0.458. The average Bonchev–Trinajstić information content (AvgIpc) is 3.28. The van der Waals surface area contributed by atoms with Crippen LogP contribution in [0.3, 0.4) is 0 Å². The first kappa shape index (κ1) is 25.5. The van der Waals surface area contributed by atoms with Gasteiger partial charge in [-0.1, -0.05) is 39.5 Å². The molecule has 1 aliphatic rings. The Bertz CT molecular complexity index is 577. The monoisotopic (exact) mass is 437 g/mol. The summed E-state index contributed by atoms with van der Waals surface area (Å²) in [6, 6.07) is 0.458. The number of nitrogens with two attached hydrogens (primary N) is 1. The van der Waals surface area contributed by atoms with Gasteiger partial charge in [-0.2, -0.15) is 15.0 Å². The first-order valence-corrected chi connectivity index (χ1v) is 12.1. The smallest absolute Gasteiger partial charge is 0.231 e. The van der Waals surface area contributed by atoms with Crippen LogP contribution in [0.2, 0.25) is 0 Å². The molecular weight excluding hydrogens is 394 g/mol. The van der Waals surface area contributed by atoms with E-state index in [4.69, 9.17) is 25.2 Å². The molecule has 9 heteroatoms. The van der Waals surface area contributed by atoms with E-state index in [0.717, 1.165) is 44.7 Å². The summed E-state index contributed by atoms with van der Waals surface area (Å²) in [5, 5.41) is 6.84. The van der Waals surface area contributed by atoms with Crippen LogP contribution in [0.15, 0.2) is 0 Å². The van der Waals surface area contributed by atoms with Crippen LogP contribution < -0.4 is 21.3 Å². The molecule has 1 heterocycles. The molecule has 31 heavy (non-hydrogen) atoms. The van der Waals surface area contributed by atoms with Gasteiger partial charge in [-0.3, -0.25) is 0 Å². The molecule has 0 spiro atoms. The van der Waals surface area contributed by atoms with Crippen molar-refractivity contribution in [3.63, 3.8) is 0 Å².